The van der Waals surface area contributed by atoms with E-state index in [0.717, 1.165) is 30.6 Å². The van der Waals surface area contributed by atoms with Gasteiger partial charge in [0.2, 0.25) is 5.91 Å². The Morgan fingerprint density at radius 1 is 1.00 bits per heavy atom. The van der Waals surface area contributed by atoms with E-state index in [1.807, 2.05) is 34.1 Å². The van der Waals surface area contributed by atoms with Crippen LogP contribution in [0.3, 0.4) is 0 Å². The van der Waals surface area contributed by atoms with Gasteiger partial charge in [0.25, 0.3) is 0 Å². The van der Waals surface area contributed by atoms with E-state index < -0.39 is 0 Å². The molecule has 148 valence electrons. The van der Waals surface area contributed by atoms with Crippen molar-refractivity contribution in [3.05, 3.63) is 29.8 Å². The molecule has 0 aromatic heterocycles. The highest BCUT2D eigenvalue weighted by atomic mass is 16.5. The summed E-state index contributed by atoms with van der Waals surface area (Å²) >= 11 is 0. The molecule has 6 heteroatoms. The molecule has 1 saturated carbocycles. The van der Waals surface area contributed by atoms with Crippen molar-refractivity contribution < 1.29 is 14.3 Å². The van der Waals surface area contributed by atoms with E-state index in [1.54, 1.807) is 7.11 Å². The van der Waals surface area contributed by atoms with E-state index in [4.69, 9.17) is 4.74 Å². The second-order valence-corrected chi connectivity index (χ2v) is 7.50. The normalized spacial score (nSPS) is 18.3. The molecule has 3 rings (SSSR count). The number of benzene rings is 1. The number of hydrogen-bond donors (Lipinski definition) is 1. The van der Waals surface area contributed by atoms with Crippen LogP contribution in [0.15, 0.2) is 24.3 Å². The zero-order chi connectivity index (χ0) is 19.1. The molecular weight excluding hydrogens is 342 g/mol. The second kappa shape index (κ2) is 9.62. The third kappa shape index (κ3) is 5.62. The third-order valence-corrected chi connectivity index (χ3v) is 5.64. The minimum atomic E-state index is 0.0345. The van der Waals surface area contributed by atoms with Crippen LogP contribution in [0.2, 0.25) is 0 Å². The largest absolute Gasteiger partial charge is 0.497 e. The lowest BCUT2D eigenvalue weighted by atomic mass is 9.96. The van der Waals surface area contributed by atoms with Gasteiger partial charge in [0.15, 0.2) is 0 Å². The smallest absolute Gasteiger partial charge is 0.317 e. The number of nitrogens with one attached hydrogen (secondary N) is 1. The Kier molecular flexibility index (Phi) is 6.96. The molecule has 2 aliphatic rings. The molecule has 0 spiro atoms. The van der Waals surface area contributed by atoms with E-state index in [9.17, 15) is 9.59 Å². The highest BCUT2D eigenvalue weighted by Crippen LogP contribution is 2.18. The Balaban J connectivity index is 1.38. The van der Waals surface area contributed by atoms with Gasteiger partial charge in [0.05, 0.1) is 7.11 Å². The first-order chi connectivity index (χ1) is 13.2. The lowest BCUT2D eigenvalue weighted by molar-refractivity contribution is -0.132. The number of carbonyl (C=O) groups is 2. The second-order valence-electron chi connectivity index (χ2n) is 7.50. The summed E-state index contributed by atoms with van der Waals surface area (Å²) in [5.41, 5.74) is 1.13. The van der Waals surface area contributed by atoms with Gasteiger partial charge in [0.1, 0.15) is 5.75 Å². The summed E-state index contributed by atoms with van der Waals surface area (Å²) in [4.78, 5) is 28.6. The van der Waals surface area contributed by atoms with Crippen molar-refractivity contribution in [2.45, 2.75) is 51.0 Å². The van der Waals surface area contributed by atoms with Crippen molar-refractivity contribution in [2.75, 3.05) is 33.3 Å². The van der Waals surface area contributed by atoms with Crippen LogP contribution in [-0.2, 0) is 11.2 Å². The summed E-state index contributed by atoms with van der Waals surface area (Å²) in [7, 11) is 1.65. The van der Waals surface area contributed by atoms with Gasteiger partial charge in [-0.1, -0.05) is 31.4 Å². The van der Waals surface area contributed by atoms with Crippen molar-refractivity contribution in [1.29, 1.82) is 0 Å². The summed E-state index contributed by atoms with van der Waals surface area (Å²) in [6, 6.07) is 8.20. The predicted octanol–water partition coefficient (Wildman–Crippen LogP) is 2.81. The average Bonchev–Trinajstić information content (AvgIpc) is 2.73. The Hall–Kier alpha value is -2.24. The minimum absolute atomic E-state index is 0.0345. The predicted molar refractivity (Wildman–Crippen MR) is 105 cm³/mol. The molecule has 3 amide bonds. The molecule has 0 unspecified atom stereocenters. The van der Waals surface area contributed by atoms with Gasteiger partial charge in [-0.15, -0.1) is 0 Å². The lowest BCUT2D eigenvalue weighted by Crippen LogP contribution is -2.54. The molecule has 1 aromatic carbocycles. The van der Waals surface area contributed by atoms with Crippen LogP contribution in [0.5, 0.6) is 5.75 Å². The fourth-order valence-corrected chi connectivity index (χ4v) is 3.87. The molecule has 2 fully saturated rings. The van der Waals surface area contributed by atoms with Crippen molar-refractivity contribution in [2.24, 2.45) is 0 Å². The molecule has 27 heavy (non-hydrogen) atoms. The number of piperazine rings is 1. The highest BCUT2D eigenvalue weighted by molar-refractivity contribution is 5.78. The van der Waals surface area contributed by atoms with Crippen LogP contribution >= 0.6 is 0 Å². The van der Waals surface area contributed by atoms with Crippen LogP contribution in [0.25, 0.3) is 0 Å². The van der Waals surface area contributed by atoms with Crippen molar-refractivity contribution in [1.82, 2.24) is 15.1 Å². The van der Waals surface area contributed by atoms with Crippen molar-refractivity contribution >= 4 is 11.9 Å². The molecule has 0 radical (unpaired) electrons. The molecule has 1 aromatic rings. The number of hydrogen-bond acceptors (Lipinski definition) is 3. The number of carbonyl (C=O) groups excluding carboxylic acids is 2. The number of urea groups is 1. The molecule has 1 heterocycles. The molecule has 1 aliphatic heterocycles. The Morgan fingerprint density at radius 3 is 2.26 bits per heavy atom. The number of ether oxygens (including phenoxy) is 1. The number of rotatable bonds is 5. The molecular formula is C21H31N3O3. The first-order valence-corrected chi connectivity index (χ1v) is 10.1. The zero-order valence-electron chi connectivity index (χ0n) is 16.3. The standard InChI is InChI=1S/C21H31N3O3/c1-27-19-10-7-17(8-11-19)9-12-20(25)23-13-15-24(16-14-23)21(26)22-18-5-3-2-4-6-18/h7-8,10-11,18H,2-6,9,12-16H2,1H3,(H,22,26). The number of nitrogens with zero attached hydrogens (tertiary/aromatic N) is 2. The van der Waals surface area contributed by atoms with Gasteiger partial charge in [-0.05, 0) is 37.0 Å². The van der Waals surface area contributed by atoms with Gasteiger partial charge < -0.3 is 19.9 Å². The molecule has 1 saturated heterocycles. The van der Waals surface area contributed by atoms with Crippen LogP contribution in [0.1, 0.15) is 44.1 Å². The Bertz CT molecular complexity index is 618. The SMILES string of the molecule is COc1ccc(CCC(=O)N2CCN(C(=O)NC3CCCCC3)CC2)cc1. The zero-order valence-corrected chi connectivity index (χ0v) is 16.3. The van der Waals surface area contributed by atoms with Crippen molar-refractivity contribution in [3.63, 3.8) is 0 Å². The molecule has 6 nitrogen and oxygen atoms in total. The maximum absolute atomic E-state index is 12.5. The summed E-state index contributed by atoms with van der Waals surface area (Å²) in [6.45, 7) is 2.48. The molecule has 0 bridgehead atoms. The monoisotopic (exact) mass is 373 g/mol. The molecule has 0 atom stereocenters. The van der Waals surface area contributed by atoms with Crippen LogP contribution in [0, 0.1) is 0 Å². The lowest BCUT2D eigenvalue weighted by Gasteiger charge is -2.36. The maximum atomic E-state index is 12.5. The van der Waals surface area contributed by atoms with Gasteiger partial charge in [0, 0.05) is 38.6 Å². The van der Waals surface area contributed by atoms with Gasteiger partial charge in [-0.3, -0.25) is 4.79 Å². The van der Waals surface area contributed by atoms with E-state index in [1.165, 1.54) is 19.3 Å². The van der Waals surface area contributed by atoms with E-state index in [-0.39, 0.29) is 11.9 Å². The fraction of sp³-hybridized carbons (Fsp3) is 0.619. The van der Waals surface area contributed by atoms with Crippen LogP contribution in [-0.4, -0.2) is 61.1 Å². The van der Waals surface area contributed by atoms with Crippen molar-refractivity contribution in [3.8, 4) is 5.75 Å². The first-order valence-electron chi connectivity index (χ1n) is 10.1. The van der Waals surface area contributed by atoms with Crippen LogP contribution < -0.4 is 10.1 Å². The minimum Gasteiger partial charge on any atom is -0.497 e. The summed E-state index contributed by atoms with van der Waals surface area (Å²) in [5.74, 6) is 0.992. The first kappa shape index (κ1) is 19.5. The number of methoxy groups -OCH3 is 1. The molecule has 1 N–H and O–H groups in total. The maximum Gasteiger partial charge on any atom is 0.317 e. The van der Waals surface area contributed by atoms with E-state index in [0.29, 0.717) is 38.6 Å². The Labute approximate surface area is 161 Å². The summed E-state index contributed by atoms with van der Waals surface area (Å²) in [5, 5.41) is 3.16. The van der Waals surface area contributed by atoms with Gasteiger partial charge in [-0.25, -0.2) is 4.79 Å². The van der Waals surface area contributed by atoms with Gasteiger partial charge in [-0.2, -0.15) is 0 Å². The highest BCUT2D eigenvalue weighted by Gasteiger charge is 2.25. The fourth-order valence-electron chi connectivity index (χ4n) is 3.87. The van der Waals surface area contributed by atoms with E-state index in [2.05, 4.69) is 5.32 Å². The van der Waals surface area contributed by atoms with Gasteiger partial charge >= 0.3 is 6.03 Å². The Morgan fingerprint density at radius 2 is 1.63 bits per heavy atom. The topological polar surface area (TPSA) is 61.9 Å². The average molecular weight is 373 g/mol. The van der Waals surface area contributed by atoms with Crippen LogP contribution in [0.4, 0.5) is 4.79 Å². The van der Waals surface area contributed by atoms with E-state index >= 15 is 0 Å². The summed E-state index contributed by atoms with van der Waals surface area (Å²) < 4.78 is 5.15. The summed E-state index contributed by atoms with van der Waals surface area (Å²) in [6.07, 6.45) is 7.11. The quantitative estimate of drug-likeness (QED) is 0.863. The molecule has 1 aliphatic carbocycles. The number of amides is 3. The number of aryl methyl sites for hydroxylation is 1. The third-order valence-electron chi connectivity index (χ3n) is 5.64.